The van der Waals surface area contributed by atoms with Crippen molar-refractivity contribution in [2.24, 2.45) is 5.92 Å². The molecule has 0 aliphatic carbocycles. The number of carboxylic acid groups (broad SMARTS) is 1. The Hall–Kier alpha value is -1.46. The lowest BCUT2D eigenvalue weighted by Gasteiger charge is -2.03. The maximum atomic E-state index is 10.4. The highest BCUT2D eigenvalue weighted by molar-refractivity contribution is 5.66. The van der Waals surface area contributed by atoms with Crippen LogP contribution in [0.15, 0.2) is 0 Å². The molecule has 0 atom stereocenters. The standard InChI is InChI=1S/C8H14N4O2/c1-6(2)3-4-7-9-10-11-12(7)5-8(13)14/h6H,3-5H2,1-2H3,(H,13,14). The number of aliphatic carboxylic acids is 1. The molecular formula is C8H14N4O2. The summed E-state index contributed by atoms with van der Waals surface area (Å²) in [6.07, 6.45) is 1.68. The second-order valence-electron chi connectivity index (χ2n) is 3.58. The van der Waals surface area contributed by atoms with Gasteiger partial charge >= 0.3 is 5.97 Å². The third-order valence-electron chi connectivity index (χ3n) is 1.84. The number of hydrogen-bond acceptors (Lipinski definition) is 4. The summed E-state index contributed by atoms with van der Waals surface area (Å²) in [6, 6.07) is 0. The van der Waals surface area contributed by atoms with Crippen molar-refractivity contribution in [3.8, 4) is 0 Å². The molecule has 0 bridgehead atoms. The van der Waals surface area contributed by atoms with Crippen LogP contribution in [0.1, 0.15) is 26.1 Å². The van der Waals surface area contributed by atoms with E-state index >= 15 is 0 Å². The zero-order valence-corrected chi connectivity index (χ0v) is 8.34. The fourth-order valence-electron chi connectivity index (χ4n) is 1.07. The van der Waals surface area contributed by atoms with Crippen molar-refractivity contribution >= 4 is 5.97 Å². The molecule has 6 heteroatoms. The van der Waals surface area contributed by atoms with E-state index in [9.17, 15) is 4.79 Å². The van der Waals surface area contributed by atoms with Gasteiger partial charge < -0.3 is 5.11 Å². The van der Waals surface area contributed by atoms with Crippen molar-refractivity contribution in [1.82, 2.24) is 20.2 Å². The van der Waals surface area contributed by atoms with Crippen LogP contribution in [0.5, 0.6) is 0 Å². The topological polar surface area (TPSA) is 80.9 Å². The summed E-state index contributed by atoms with van der Waals surface area (Å²) in [6.45, 7) is 4.04. The molecule has 0 aromatic carbocycles. The predicted molar refractivity (Wildman–Crippen MR) is 48.6 cm³/mol. The number of hydrogen-bond donors (Lipinski definition) is 1. The summed E-state index contributed by atoms with van der Waals surface area (Å²) in [4.78, 5) is 10.4. The number of tetrazole rings is 1. The van der Waals surface area contributed by atoms with Crippen molar-refractivity contribution in [3.63, 3.8) is 0 Å². The molecule has 0 saturated carbocycles. The van der Waals surface area contributed by atoms with Gasteiger partial charge in [-0.15, -0.1) is 5.10 Å². The van der Waals surface area contributed by atoms with Crippen molar-refractivity contribution < 1.29 is 9.90 Å². The first-order chi connectivity index (χ1) is 6.59. The van der Waals surface area contributed by atoms with E-state index in [0.29, 0.717) is 11.7 Å². The van der Waals surface area contributed by atoms with Crippen LogP contribution < -0.4 is 0 Å². The van der Waals surface area contributed by atoms with E-state index in [-0.39, 0.29) is 6.54 Å². The van der Waals surface area contributed by atoms with Gasteiger partial charge in [-0.3, -0.25) is 4.79 Å². The normalized spacial score (nSPS) is 10.8. The quantitative estimate of drug-likeness (QED) is 0.738. The van der Waals surface area contributed by atoms with Gasteiger partial charge in [0.25, 0.3) is 0 Å². The van der Waals surface area contributed by atoms with Gasteiger partial charge in [0.1, 0.15) is 6.54 Å². The van der Waals surface area contributed by atoms with Crippen LogP contribution in [-0.2, 0) is 17.8 Å². The third kappa shape index (κ3) is 3.12. The summed E-state index contributed by atoms with van der Waals surface area (Å²) in [5, 5.41) is 19.4. The van der Waals surface area contributed by atoms with Crippen LogP contribution >= 0.6 is 0 Å². The smallest absolute Gasteiger partial charge is 0.325 e. The fraction of sp³-hybridized carbons (Fsp3) is 0.750. The molecule has 0 fully saturated rings. The van der Waals surface area contributed by atoms with E-state index in [0.717, 1.165) is 12.8 Å². The van der Waals surface area contributed by atoms with Gasteiger partial charge in [0.05, 0.1) is 0 Å². The first-order valence-electron chi connectivity index (χ1n) is 4.56. The van der Waals surface area contributed by atoms with Gasteiger partial charge in [0.15, 0.2) is 5.82 Å². The zero-order valence-electron chi connectivity index (χ0n) is 8.34. The molecule has 0 unspecified atom stereocenters. The van der Waals surface area contributed by atoms with Gasteiger partial charge in [0.2, 0.25) is 0 Å². The maximum absolute atomic E-state index is 10.4. The van der Waals surface area contributed by atoms with Crippen LogP contribution in [-0.4, -0.2) is 31.3 Å². The molecule has 0 saturated heterocycles. The number of aromatic nitrogens is 4. The Morgan fingerprint density at radius 1 is 1.57 bits per heavy atom. The van der Waals surface area contributed by atoms with Crippen molar-refractivity contribution in [3.05, 3.63) is 5.82 Å². The van der Waals surface area contributed by atoms with Crippen LogP contribution in [0.25, 0.3) is 0 Å². The summed E-state index contributed by atoms with van der Waals surface area (Å²) < 4.78 is 1.32. The molecule has 1 aromatic rings. The molecule has 0 spiro atoms. The Morgan fingerprint density at radius 3 is 2.86 bits per heavy atom. The van der Waals surface area contributed by atoms with E-state index in [2.05, 4.69) is 29.4 Å². The Kier molecular flexibility index (Phi) is 3.55. The molecule has 78 valence electrons. The summed E-state index contributed by atoms with van der Waals surface area (Å²) >= 11 is 0. The fourth-order valence-corrected chi connectivity index (χ4v) is 1.07. The number of aryl methyl sites for hydroxylation is 1. The van der Waals surface area contributed by atoms with Crippen LogP contribution in [0.2, 0.25) is 0 Å². The summed E-state index contributed by atoms with van der Waals surface area (Å²) in [7, 11) is 0. The predicted octanol–water partition coefficient (Wildman–Crippen LogP) is 0.346. The summed E-state index contributed by atoms with van der Waals surface area (Å²) in [5.41, 5.74) is 0. The van der Waals surface area contributed by atoms with E-state index in [1.807, 2.05) is 0 Å². The summed E-state index contributed by atoms with van der Waals surface area (Å²) in [5.74, 6) is 0.272. The lowest BCUT2D eigenvalue weighted by atomic mass is 10.1. The van der Waals surface area contributed by atoms with Crippen LogP contribution in [0.4, 0.5) is 0 Å². The zero-order chi connectivity index (χ0) is 10.6. The average molecular weight is 198 g/mol. The highest BCUT2D eigenvalue weighted by Crippen LogP contribution is 2.05. The number of nitrogens with zero attached hydrogens (tertiary/aromatic N) is 4. The minimum atomic E-state index is -0.928. The molecule has 1 aromatic heterocycles. The number of carboxylic acids is 1. The molecule has 1 rings (SSSR count). The minimum absolute atomic E-state index is 0.166. The third-order valence-corrected chi connectivity index (χ3v) is 1.84. The molecule has 14 heavy (non-hydrogen) atoms. The molecule has 0 radical (unpaired) electrons. The van der Waals surface area contributed by atoms with Crippen molar-refractivity contribution in [1.29, 1.82) is 0 Å². The first-order valence-corrected chi connectivity index (χ1v) is 4.56. The Bertz CT molecular complexity index is 308. The first kappa shape index (κ1) is 10.6. The molecule has 0 amide bonds. The highest BCUT2D eigenvalue weighted by atomic mass is 16.4. The molecule has 6 nitrogen and oxygen atoms in total. The molecule has 1 heterocycles. The minimum Gasteiger partial charge on any atom is -0.480 e. The Labute approximate surface area is 81.9 Å². The molecule has 1 N–H and O–H groups in total. The van der Waals surface area contributed by atoms with E-state index < -0.39 is 5.97 Å². The molecule has 0 aliphatic heterocycles. The second kappa shape index (κ2) is 4.69. The van der Waals surface area contributed by atoms with Gasteiger partial charge in [0, 0.05) is 6.42 Å². The van der Waals surface area contributed by atoms with Crippen LogP contribution in [0, 0.1) is 5.92 Å². The van der Waals surface area contributed by atoms with E-state index in [1.165, 1.54) is 4.68 Å². The number of carbonyl (C=O) groups is 1. The lowest BCUT2D eigenvalue weighted by Crippen LogP contribution is -2.14. The van der Waals surface area contributed by atoms with Crippen molar-refractivity contribution in [2.45, 2.75) is 33.2 Å². The maximum Gasteiger partial charge on any atom is 0.325 e. The number of rotatable bonds is 5. The Balaban J connectivity index is 2.58. The largest absolute Gasteiger partial charge is 0.480 e. The monoisotopic (exact) mass is 198 g/mol. The van der Waals surface area contributed by atoms with E-state index in [4.69, 9.17) is 5.11 Å². The van der Waals surface area contributed by atoms with Gasteiger partial charge in [-0.1, -0.05) is 13.8 Å². The average Bonchev–Trinajstić information content (AvgIpc) is 2.47. The van der Waals surface area contributed by atoms with Crippen molar-refractivity contribution in [2.75, 3.05) is 0 Å². The van der Waals surface area contributed by atoms with Gasteiger partial charge in [-0.2, -0.15) is 0 Å². The second-order valence-corrected chi connectivity index (χ2v) is 3.58. The Morgan fingerprint density at radius 2 is 2.29 bits per heavy atom. The highest BCUT2D eigenvalue weighted by Gasteiger charge is 2.09. The van der Waals surface area contributed by atoms with E-state index in [1.54, 1.807) is 0 Å². The molecule has 0 aliphatic rings. The van der Waals surface area contributed by atoms with Crippen LogP contribution in [0.3, 0.4) is 0 Å². The van der Waals surface area contributed by atoms with Gasteiger partial charge in [-0.25, -0.2) is 4.68 Å². The van der Waals surface area contributed by atoms with Gasteiger partial charge in [-0.05, 0) is 22.8 Å². The SMILES string of the molecule is CC(C)CCc1nnnn1CC(=O)O. The lowest BCUT2D eigenvalue weighted by molar-refractivity contribution is -0.138. The molecular weight excluding hydrogens is 184 g/mol.